The fraction of sp³-hybridized carbons (Fsp3) is 0.500. The van der Waals surface area contributed by atoms with Crippen LogP contribution in [-0.2, 0) is 11.2 Å². The number of hydrogen-bond donors (Lipinski definition) is 3. The third kappa shape index (κ3) is 4.45. The lowest BCUT2D eigenvalue weighted by Gasteiger charge is -2.42. The van der Waals surface area contributed by atoms with Crippen LogP contribution in [0.2, 0.25) is 0 Å². The Hall–Kier alpha value is -3.39. The zero-order chi connectivity index (χ0) is 27.2. The predicted molar refractivity (Wildman–Crippen MR) is 146 cm³/mol. The van der Waals surface area contributed by atoms with E-state index in [0.29, 0.717) is 17.7 Å². The molecule has 3 atom stereocenters. The first-order valence-electron chi connectivity index (χ1n) is 13.7. The van der Waals surface area contributed by atoms with Gasteiger partial charge in [-0.05, 0) is 75.3 Å². The molecule has 0 unspecified atom stereocenters. The maximum Gasteiger partial charge on any atom is 0.251 e. The Balaban J connectivity index is 1.45. The number of ether oxygens (including phenoxy) is 1. The molecule has 38 heavy (non-hydrogen) atoms. The standard InChI is InChI=1S/C30H38N4O4/c1-5-30(6-2)17-24(35)34(28(31)33-30)22-12-9-10-18-14-15-19(16-21(18)22)27(37)32-25-20-11-7-8-13-23(20)38-29(3,4)26(25)36/h7-8,11,13-16,22,25-26,36H,5-6,9-10,12,17H2,1-4H3,(H2,31,33)(H,32,37)/t22-,25-,26+/m1/s1. The number of aryl methyl sites for hydroxylation is 1. The minimum atomic E-state index is -0.939. The Morgan fingerprint density at radius 1 is 1.18 bits per heavy atom. The number of hydrogen-bond acceptors (Lipinski definition) is 6. The van der Waals surface area contributed by atoms with Gasteiger partial charge in [-0.15, -0.1) is 0 Å². The number of guanidine groups is 1. The number of aliphatic hydroxyl groups excluding tert-OH is 1. The van der Waals surface area contributed by atoms with Crippen LogP contribution >= 0.6 is 0 Å². The number of nitrogens with one attached hydrogen (secondary N) is 1. The lowest BCUT2D eigenvalue weighted by atomic mass is 9.83. The number of carbonyl (C=O) groups excluding carboxylic acids is 2. The molecular formula is C30H38N4O4. The third-order valence-electron chi connectivity index (χ3n) is 8.61. The molecule has 0 saturated heterocycles. The van der Waals surface area contributed by atoms with Gasteiger partial charge in [-0.1, -0.05) is 38.1 Å². The number of aliphatic imine (C=N–C) groups is 1. The molecule has 2 aromatic carbocycles. The number of para-hydroxylation sites is 1. The van der Waals surface area contributed by atoms with Gasteiger partial charge in [-0.2, -0.15) is 0 Å². The van der Waals surface area contributed by atoms with E-state index in [0.717, 1.165) is 48.8 Å². The van der Waals surface area contributed by atoms with Crippen molar-refractivity contribution in [3.8, 4) is 5.75 Å². The van der Waals surface area contributed by atoms with E-state index < -0.39 is 23.3 Å². The predicted octanol–water partition coefficient (Wildman–Crippen LogP) is 4.17. The largest absolute Gasteiger partial charge is 0.485 e. The Bertz CT molecular complexity index is 1280. The van der Waals surface area contributed by atoms with Crippen LogP contribution in [0.4, 0.5) is 0 Å². The van der Waals surface area contributed by atoms with Crippen molar-refractivity contribution in [1.82, 2.24) is 10.2 Å². The van der Waals surface area contributed by atoms with Crippen LogP contribution in [0.3, 0.4) is 0 Å². The summed E-state index contributed by atoms with van der Waals surface area (Å²) >= 11 is 0. The molecule has 202 valence electrons. The molecular weight excluding hydrogens is 480 g/mol. The number of fused-ring (bicyclic) bond motifs is 2. The topological polar surface area (TPSA) is 117 Å². The number of benzene rings is 2. The monoisotopic (exact) mass is 518 g/mol. The van der Waals surface area contributed by atoms with Gasteiger partial charge in [0.05, 0.1) is 24.0 Å². The quantitative estimate of drug-likeness (QED) is 0.549. The number of amides is 2. The molecule has 4 N–H and O–H groups in total. The van der Waals surface area contributed by atoms with Crippen molar-refractivity contribution in [1.29, 1.82) is 0 Å². The van der Waals surface area contributed by atoms with E-state index in [1.54, 1.807) is 4.90 Å². The van der Waals surface area contributed by atoms with E-state index in [1.807, 2.05) is 70.2 Å². The number of aliphatic hydroxyl groups is 1. The third-order valence-corrected chi connectivity index (χ3v) is 8.61. The van der Waals surface area contributed by atoms with Gasteiger partial charge in [0, 0.05) is 11.1 Å². The summed E-state index contributed by atoms with van der Waals surface area (Å²) in [7, 11) is 0. The highest BCUT2D eigenvalue weighted by molar-refractivity contribution is 6.00. The molecule has 2 heterocycles. The Kier molecular flexibility index (Phi) is 6.71. The van der Waals surface area contributed by atoms with Crippen molar-refractivity contribution < 1.29 is 19.4 Å². The van der Waals surface area contributed by atoms with E-state index in [1.165, 1.54) is 0 Å². The molecule has 2 aromatic rings. The average Bonchev–Trinajstić information content (AvgIpc) is 2.90. The van der Waals surface area contributed by atoms with E-state index in [4.69, 9.17) is 15.5 Å². The van der Waals surface area contributed by atoms with Gasteiger partial charge in [-0.25, -0.2) is 4.99 Å². The summed E-state index contributed by atoms with van der Waals surface area (Å²) in [4.78, 5) is 33.4. The number of carbonyl (C=O) groups is 2. The lowest BCUT2D eigenvalue weighted by molar-refractivity contribution is -0.131. The van der Waals surface area contributed by atoms with Crippen LogP contribution in [0.5, 0.6) is 5.75 Å². The van der Waals surface area contributed by atoms with Gasteiger partial charge in [0.25, 0.3) is 5.91 Å². The molecule has 2 amide bonds. The second-order valence-electron chi connectivity index (χ2n) is 11.3. The molecule has 1 aliphatic carbocycles. The van der Waals surface area contributed by atoms with Gasteiger partial charge in [0.1, 0.15) is 17.5 Å². The Morgan fingerprint density at radius 2 is 1.92 bits per heavy atom. The minimum Gasteiger partial charge on any atom is -0.485 e. The second-order valence-corrected chi connectivity index (χ2v) is 11.3. The van der Waals surface area contributed by atoms with Gasteiger partial charge >= 0.3 is 0 Å². The van der Waals surface area contributed by atoms with Crippen LogP contribution in [0.1, 0.15) is 98.9 Å². The number of nitrogens with zero attached hydrogens (tertiary/aromatic N) is 2. The number of nitrogens with two attached hydrogens (primary N) is 1. The van der Waals surface area contributed by atoms with E-state index in [9.17, 15) is 14.7 Å². The first-order valence-corrected chi connectivity index (χ1v) is 13.7. The van der Waals surface area contributed by atoms with Crippen LogP contribution in [-0.4, -0.2) is 45.0 Å². The maximum absolute atomic E-state index is 13.5. The first kappa shape index (κ1) is 26.2. The van der Waals surface area contributed by atoms with Crippen molar-refractivity contribution in [2.24, 2.45) is 10.7 Å². The van der Waals surface area contributed by atoms with Crippen molar-refractivity contribution >= 4 is 17.8 Å². The smallest absolute Gasteiger partial charge is 0.251 e. The molecule has 8 heteroatoms. The average molecular weight is 519 g/mol. The second kappa shape index (κ2) is 9.73. The summed E-state index contributed by atoms with van der Waals surface area (Å²) in [5, 5.41) is 14.1. The van der Waals surface area contributed by atoms with E-state index >= 15 is 0 Å². The summed E-state index contributed by atoms with van der Waals surface area (Å²) in [6.07, 6.45) is 3.47. The van der Waals surface area contributed by atoms with Crippen molar-refractivity contribution in [2.75, 3.05) is 0 Å². The van der Waals surface area contributed by atoms with Crippen LogP contribution < -0.4 is 15.8 Å². The zero-order valence-electron chi connectivity index (χ0n) is 22.7. The first-order chi connectivity index (χ1) is 18.1. The van der Waals surface area contributed by atoms with Crippen molar-refractivity contribution in [3.05, 3.63) is 64.7 Å². The molecule has 5 rings (SSSR count). The molecule has 0 bridgehead atoms. The molecule has 3 aliphatic rings. The Labute approximate surface area is 224 Å². The normalized spacial score (nSPS) is 25.5. The highest BCUT2D eigenvalue weighted by Crippen LogP contribution is 2.41. The molecule has 0 fully saturated rings. The fourth-order valence-corrected chi connectivity index (χ4v) is 6.13. The molecule has 0 radical (unpaired) electrons. The van der Waals surface area contributed by atoms with E-state index in [2.05, 4.69) is 5.32 Å². The summed E-state index contributed by atoms with van der Waals surface area (Å²) in [5.41, 5.74) is 8.37. The molecule has 8 nitrogen and oxygen atoms in total. The molecule has 0 aromatic heterocycles. The van der Waals surface area contributed by atoms with Crippen molar-refractivity contribution in [2.45, 2.75) is 95.5 Å². The van der Waals surface area contributed by atoms with Gasteiger partial charge in [-0.3, -0.25) is 14.5 Å². The zero-order valence-corrected chi connectivity index (χ0v) is 22.7. The van der Waals surface area contributed by atoms with Gasteiger partial charge in [0.15, 0.2) is 5.96 Å². The molecule has 2 aliphatic heterocycles. The summed E-state index contributed by atoms with van der Waals surface area (Å²) in [5.74, 6) is 0.600. The minimum absolute atomic E-state index is 0.0157. The number of rotatable bonds is 5. The fourth-order valence-electron chi connectivity index (χ4n) is 6.13. The van der Waals surface area contributed by atoms with Crippen LogP contribution in [0.25, 0.3) is 0 Å². The SMILES string of the molecule is CCC1(CC)CC(=O)N([C@@H]2CCCc3ccc(C(=O)N[C@@H]4c5ccccc5OC(C)(C)[C@H]4O)cc32)C(N)=N1. The highest BCUT2D eigenvalue weighted by Gasteiger charge is 2.44. The van der Waals surface area contributed by atoms with Crippen LogP contribution in [0, 0.1) is 0 Å². The summed E-state index contributed by atoms with van der Waals surface area (Å²) in [6.45, 7) is 7.70. The highest BCUT2D eigenvalue weighted by atomic mass is 16.5. The summed E-state index contributed by atoms with van der Waals surface area (Å²) in [6, 6.07) is 12.2. The van der Waals surface area contributed by atoms with Crippen LogP contribution in [0.15, 0.2) is 47.5 Å². The van der Waals surface area contributed by atoms with Gasteiger partial charge in [0.2, 0.25) is 5.91 Å². The van der Waals surface area contributed by atoms with E-state index in [-0.39, 0.29) is 23.8 Å². The van der Waals surface area contributed by atoms with Gasteiger partial charge < -0.3 is 20.9 Å². The molecule has 0 saturated carbocycles. The lowest BCUT2D eigenvalue weighted by Crippen LogP contribution is -2.53. The van der Waals surface area contributed by atoms with Crippen molar-refractivity contribution in [3.63, 3.8) is 0 Å². The maximum atomic E-state index is 13.5. The Morgan fingerprint density at radius 3 is 2.63 bits per heavy atom. The molecule has 0 spiro atoms. The summed E-state index contributed by atoms with van der Waals surface area (Å²) < 4.78 is 5.99.